The smallest absolute Gasteiger partial charge is 0.231 e. The van der Waals surface area contributed by atoms with Gasteiger partial charge in [0.05, 0.1) is 11.9 Å². The monoisotopic (exact) mass is 192 g/mol. The highest BCUT2D eigenvalue weighted by Gasteiger charge is 2.03. The SMILES string of the molecule is Cc1csc(NS(C)(=O)=O)n1. The van der Waals surface area contributed by atoms with Crippen LogP contribution in [0.5, 0.6) is 0 Å². The molecular formula is C5H8N2O2S2. The normalized spacial score (nSPS) is 11.5. The minimum Gasteiger partial charge on any atom is -0.259 e. The van der Waals surface area contributed by atoms with Crippen LogP contribution in [0.1, 0.15) is 5.69 Å². The van der Waals surface area contributed by atoms with Crippen LogP contribution in [0.4, 0.5) is 5.13 Å². The summed E-state index contributed by atoms with van der Waals surface area (Å²) >= 11 is 1.28. The molecule has 0 spiro atoms. The quantitative estimate of drug-likeness (QED) is 0.754. The molecule has 0 radical (unpaired) electrons. The van der Waals surface area contributed by atoms with Crippen molar-refractivity contribution in [3.63, 3.8) is 0 Å². The number of aryl methyl sites for hydroxylation is 1. The van der Waals surface area contributed by atoms with E-state index < -0.39 is 10.0 Å². The molecule has 0 fully saturated rings. The van der Waals surface area contributed by atoms with Crippen molar-refractivity contribution < 1.29 is 8.42 Å². The fraction of sp³-hybridized carbons (Fsp3) is 0.400. The van der Waals surface area contributed by atoms with E-state index in [4.69, 9.17) is 0 Å². The molecule has 4 nitrogen and oxygen atoms in total. The summed E-state index contributed by atoms with van der Waals surface area (Å²) in [7, 11) is -3.17. The van der Waals surface area contributed by atoms with Gasteiger partial charge in [-0.2, -0.15) is 0 Å². The van der Waals surface area contributed by atoms with E-state index in [0.29, 0.717) is 5.13 Å². The number of sulfonamides is 1. The van der Waals surface area contributed by atoms with E-state index in [9.17, 15) is 8.42 Å². The van der Waals surface area contributed by atoms with Gasteiger partial charge in [-0.3, -0.25) is 4.72 Å². The van der Waals surface area contributed by atoms with Crippen molar-refractivity contribution in [2.75, 3.05) is 11.0 Å². The molecule has 11 heavy (non-hydrogen) atoms. The summed E-state index contributed by atoms with van der Waals surface area (Å²) in [4.78, 5) is 3.92. The van der Waals surface area contributed by atoms with Crippen molar-refractivity contribution in [3.8, 4) is 0 Å². The number of aromatic nitrogens is 1. The third-order valence-electron chi connectivity index (χ3n) is 0.892. The van der Waals surface area contributed by atoms with Crippen molar-refractivity contribution in [3.05, 3.63) is 11.1 Å². The Labute approximate surface area is 69.3 Å². The van der Waals surface area contributed by atoms with Gasteiger partial charge in [0.1, 0.15) is 0 Å². The highest BCUT2D eigenvalue weighted by Crippen LogP contribution is 2.14. The summed E-state index contributed by atoms with van der Waals surface area (Å²) in [5.41, 5.74) is 0.821. The molecule has 0 amide bonds. The molecule has 0 aliphatic rings. The lowest BCUT2D eigenvalue weighted by atomic mass is 10.6. The molecule has 0 aliphatic heterocycles. The molecule has 1 N–H and O–H groups in total. The van der Waals surface area contributed by atoms with Gasteiger partial charge in [0.15, 0.2) is 5.13 Å². The van der Waals surface area contributed by atoms with Crippen LogP contribution in [0.15, 0.2) is 5.38 Å². The second-order valence-corrected chi connectivity index (χ2v) is 4.77. The molecule has 6 heteroatoms. The highest BCUT2D eigenvalue weighted by atomic mass is 32.2. The summed E-state index contributed by atoms with van der Waals surface area (Å²) < 4.78 is 23.6. The van der Waals surface area contributed by atoms with E-state index in [-0.39, 0.29) is 0 Å². The average molecular weight is 192 g/mol. The average Bonchev–Trinajstić information content (AvgIpc) is 2.10. The van der Waals surface area contributed by atoms with Gasteiger partial charge in [0, 0.05) is 5.38 Å². The maximum absolute atomic E-state index is 10.7. The van der Waals surface area contributed by atoms with Gasteiger partial charge in [0.25, 0.3) is 0 Å². The van der Waals surface area contributed by atoms with Crippen LogP contribution in [0.25, 0.3) is 0 Å². The predicted molar refractivity (Wildman–Crippen MR) is 45.3 cm³/mol. The third-order valence-corrected chi connectivity index (χ3v) is 2.46. The summed E-state index contributed by atoms with van der Waals surface area (Å²) in [6, 6.07) is 0. The largest absolute Gasteiger partial charge is 0.259 e. The molecule has 0 bridgehead atoms. The third kappa shape index (κ3) is 2.85. The predicted octanol–water partition coefficient (Wildman–Crippen LogP) is 0.823. The van der Waals surface area contributed by atoms with Crippen LogP contribution in [-0.4, -0.2) is 19.7 Å². The number of nitrogens with one attached hydrogen (secondary N) is 1. The van der Waals surface area contributed by atoms with E-state index >= 15 is 0 Å². The van der Waals surface area contributed by atoms with Crippen LogP contribution in [0.2, 0.25) is 0 Å². The van der Waals surface area contributed by atoms with Gasteiger partial charge < -0.3 is 0 Å². The van der Waals surface area contributed by atoms with Crippen molar-refractivity contribution in [1.29, 1.82) is 0 Å². The van der Waals surface area contributed by atoms with Gasteiger partial charge >= 0.3 is 0 Å². The number of hydrogen-bond donors (Lipinski definition) is 1. The minimum atomic E-state index is -3.17. The first-order chi connectivity index (χ1) is 4.97. The van der Waals surface area contributed by atoms with E-state index in [0.717, 1.165) is 11.9 Å². The molecule has 0 saturated heterocycles. The van der Waals surface area contributed by atoms with Gasteiger partial charge in [-0.25, -0.2) is 13.4 Å². The molecule has 1 rings (SSSR count). The first kappa shape index (κ1) is 8.48. The molecule has 0 unspecified atom stereocenters. The Morgan fingerprint density at radius 2 is 2.27 bits per heavy atom. The van der Waals surface area contributed by atoms with E-state index in [1.54, 1.807) is 5.38 Å². The fourth-order valence-electron chi connectivity index (χ4n) is 0.559. The Morgan fingerprint density at radius 1 is 1.64 bits per heavy atom. The number of thiazole rings is 1. The molecule has 0 aromatic carbocycles. The molecule has 62 valence electrons. The van der Waals surface area contributed by atoms with Gasteiger partial charge in [-0.15, -0.1) is 11.3 Å². The molecular weight excluding hydrogens is 184 g/mol. The topological polar surface area (TPSA) is 59.1 Å². The Morgan fingerprint density at radius 3 is 2.64 bits per heavy atom. The van der Waals surface area contributed by atoms with E-state index in [2.05, 4.69) is 9.71 Å². The first-order valence-electron chi connectivity index (χ1n) is 2.87. The van der Waals surface area contributed by atoms with Gasteiger partial charge in [0.2, 0.25) is 10.0 Å². The van der Waals surface area contributed by atoms with Crippen molar-refractivity contribution in [2.24, 2.45) is 0 Å². The maximum Gasteiger partial charge on any atom is 0.231 e. The zero-order valence-electron chi connectivity index (χ0n) is 6.16. The number of rotatable bonds is 2. The molecule has 0 saturated carbocycles. The van der Waals surface area contributed by atoms with Crippen LogP contribution in [-0.2, 0) is 10.0 Å². The fourth-order valence-corrected chi connectivity index (χ4v) is 2.10. The maximum atomic E-state index is 10.7. The van der Waals surface area contributed by atoms with E-state index in [1.807, 2.05) is 6.92 Å². The lowest BCUT2D eigenvalue weighted by molar-refractivity contribution is 0.607. The Balaban J connectivity index is 2.81. The molecule has 0 aliphatic carbocycles. The lowest BCUT2D eigenvalue weighted by Gasteiger charge is -1.95. The Hall–Kier alpha value is -0.620. The van der Waals surface area contributed by atoms with Crippen molar-refractivity contribution in [1.82, 2.24) is 4.98 Å². The highest BCUT2D eigenvalue weighted by molar-refractivity contribution is 7.92. The van der Waals surface area contributed by atoms with Crippen LogP contribution in [0, 0.1) is 6.92 Å². The van der Waals surface area contributed by atoms with Gasteiger partial charge in [-0.05, 0) is 6.92 Å². The zero-order valence-corrected chi connectivity index (χ0v) is 7.79. The second-order valence-electron chi connectivity index (χ2n) is 2.17. The van der Waals surface area contributed by atoms with E-state index in [1.165, 1.54) is 11.3 Å². The summed E-state index contributed by atoms with van der Waals surface area (Å²) in [6.45, 7) is 1.81. The minimum absolute atomic E-state index is 0.421. The van der Waals surface area contributed by atoms with Crippen molar-refractivity contribution in [2.45, 2.75) is 6.92 Å². The molecule has 1 heterocycles. The zero-order chi connectivity index (χ0) is 8.48. The van der Waals surface area contributed by atoms with Gasteiger partial charge in [-0.1, -0.05) is 0 Å². The molecule has 1 aromatic rings. The van der Waals surface area contributed by atoms with Crippen LogP contribution >= 0.6 is 11.3 Å². The Kier molecular flexibility index (Phi) is 2.15. The number of hydrogen-bond acceptors (Lipinski definition) is 4. The summed E-state index contributed by atoms with van der Waals surface area (Å²) in [6.07, 6.45) is 1.10. The first-order valence-corrected chi connectivity index (χ1v) is 5.64. The van der Waals surface area contributed by atoms with Crippen LogP contribution < -0.4 is 4.72 Å². The molecule has 1 aromatic heterocycles. The standard InChI is InChI=1S/C5H8N2O2S2/c1-4-3-10-5(6-4)7-11(2,8)9/h3H,1-2H3,(H,6,7). The summed E-state index contributed by atoms with van der Waals surface area (Å²) in [5.74, 6) is 0. The Bertz CT molecular complexity index is 341. The number of nitrogens with zero attached hydrogens (tertiary/aromatic N) is 1. The summed E-state index contributed by atoms with van der Waals surface area (Å²) in [5, 5.41) is 2.21. The van der Waals surface area contributed by atoms with Crippen molar-refractivity contribution >= 4 is 26.5 Å². The number of anilines is 1. The second kappa shape index (κ2) is 2.78. The lowest BCUT2D eigenvalue weighted by Crippen LogP contribution is -2.08. The molecule has 0 atom stereocenters. The van der Waals surface area contributed by atoms with Crippen LogP contribution in [0.3, 0.4) is 0 Å².